The second-order valence-corrected chi connectivity index (χ2v) is 7.67. The largest absolute Gasteiger partial charge is 0.480 e. The average Bonchev–Trinajstić information content (AvgIpc) is 2.66. The van der Waals surface area contributed by atoms with E-state index in [9.17, 15) is 19.5 Å². The Morgan fingerprint density at radius 1 is 1.00 bits per heavy atom. The molecule has 0 fully saturated rings. The number of unbranched alkanes of at least 4 members (excludes halogenated alkanes) is 1. The molecule has 8 heteroatoms. The highest BCUT2D eigenvalue weighted by Gasteiger charge is 2.28. The third-order valence-electron chi connectivity index (χ3n) is 4.54. The van der Waals surface area contributed by atoms with Crippen molar-refractivity contribution >= 4 is 17.8 Å². The number of hydrogen-bond acceptors (Lipinski definition) is 5. The van der Waals surface area contributed by atoms with Crippen LogP contribution in [0, 0.1) is 5.92 Å². The van der Waals surface area contributed by atoms with Gasteiger partial charge in [0.15, 0.2) is 0 Å². The number of nitrogens with one attached hydrogen (secondary N) is 2. The lowest BCUT2D eigenvalue weighted by Gasteiger charge is -2.24. The summed E-state index contributed by atoms with van der Waals surface area (Å²) in [7, 11) is 0. The molecule has 8 nitrogen and oxygen atoms in total. The van der Waals surface area contributed by atoms with Crippen molar-refractivity contribution in [2.45, 2.75) is 64.1 Å². The van der Waals surface area contributed by atoms with E-state index in [1.54, 1.807) is 0 Å². The van der Waals surface area contributed by atoms with Gasteiger partial charge in [0, 0.05) is 0 Å². The maximum atomic E-state index is 12.7. The predicted molar refractivity (Wildman–Crippen MR) is 112 cm³/mol. The van der Waals surface area contributed by atoms with Crippen LogP contribution in [0.4, 0.5) is 0 Å². The number of aliphatic carboxylic acids is 1. The normalized spacial score (nSPS) is 14.1. The number of carbonyl (C=O) groups is 3. The van der Waals surface area contributed by atoms with E-state index in [2.05, 4.69) is 10.6 Å². The van der Waals surface area contributed by atoms with E-state index in [1.807, 2.05) is 44.2 Å². The van der Waals surface area contributed by atoms with Crippen LogP contribution in [0.2, 0.25) is 0 Å². The van der Waals surface area contributed by atoms with Crippen LogP contribution >= 0.6 is 0 Å². The van der Waals surface area contributed by atoms with Crippen LogP contribution in [0.5, 0.6) is 0 Å². The van der Waals surface area contributed by atoms with Crippen LogP contribution in [0.15, 0.2) is 30.3 Å². The lowest BCUT2D eigenvalue weighted by Crippen LogP contribution is -2.55. The molecule has 0 spiro atoms. The Bertz CT molecular complexity index is 651. The van der Waals surface area contributed by atoms with Gasteiger partial charge in [-0.1, -0.05) is 44.2 Å². The van der Waals surface area contributed by atoms with Crippen molar-refractivity contribution in [1.29, 1.82) is 0 Å². The van der Waals surface area contributed by atoms with E-state index in [-0.39, 0.29) is 12.3 Å². The lowest BCUT2D eigenvalue weighted by atomic mass is 10.0. The fraction of sp³-hybridized carbons (Fsp3) is 0.571. The van der Waals surface area contributed by atoms with Crippen LogP contribution in [-0.4, -0.2) is 47.6 Å². The Labute approximate surface area is 172 Å². The number of benzene rings is 1. The summed E-state index contributed by atoms with van der Waals surface area (Å²) in [5.41, 5.74) is 12.4. The molecule has 29 heavy (non-hydrogen) atoms. The summed E-state index contributed by atoms with van der Waals surface area (Å²) in [5.74, 6) is -1.94. The highest BCUT2D eigenvalue weighted by atomic mass is 16.4. The average molecular weight is 407 g/mol. The second kappa shape index (κ2) is 12.9. The minimum absolute atomic E-state index is 0.122. The molecule has 0 aromatic heterocycles. The first-order chi connectivity index (χ1) is 13.7. The van der Waals surface area contributed by atoms with Crippen LogP contribution in [0.25, 0.3) is 0 Å². The number of nitrogens with two attached hydrogens (primary N) is 2. The Kier molecular flexibility index (Phi) is 10.9. The van der Waals surface area contributed by atoms with E-state index < -0.39 is 35.9 Å². The van der Waals surface area contributed by atoms with Crippen LogP contribution in [-0.2, 0) is 20.8 Å². The molecule has 3 atom stereocenters. The quantitative estimate of drug-likeness (QED) is 0.306. The molecule has 0 heterocycles. The standard InChI is InChI=1S/C21H34N4O4/c1-14(2)12-18(20(27)24-17(21(28)29)10-6-7-11-22)25-19(26)16(23)13-15-8-4-3-5-9-15/h3-5,8-9,14,16-18H,6-7,10-13,22-23H2,1-2H3,(H,24,27)(H,25,26)(H,28,29)/t16-,17+,18-/m1/s1. The first-order valence-corrected chi connectivity index (χ1v) is 10.1. The molecule has 0 saturated carbocycles. The Morgan fingerprint density at radius 3 is 2.17 bits per heavy atom. The zero-order valence-corrected chi connectivity index (χ0v) is 17.3. The number of carboxylic acid groups (broad SMARTS) is 1. The fourth-order valence-electron chi connectivity index (χ4n) is 2.96. The topological polar surface area (TPSA) is 148 Å². The minimum Gasteiger partial charge on any atom is -0.480 e. The highest BCUT2D eigenvalue weighted by molar-refractivity contribution is 5.91. The fourth-order valence-corrected chi connectivity index (χ4v) is 2.96. The van der Waals surface area contributed by atoms with E-state index in [0.29, 0.717) is 32.2 Å². The van der Waals surface area contributed by atoms with Gasteiger partial charge in [-0.05, 0) is 50.1 Å². The Hall–Kier alpha value is -2.45. The maximum absolute atomic E-state index is 12.7. The summed E-state index contributed by atoms with van der Waals surface area (Å²) in [6.07, 6.45) is 2.29. The number of amides is 2. The molecule has 0 aliphatic rings. The lowest BCUT2D eigenvalue weighted by molar-refractivity contribution is -0.142. The smallest absolute Gasteiger partial charge is 0.326 e. The third kappa shape index (κ3) is 9.54. The van der Waals surface area contributed by atoms with Gasteiger partial charge in [0.25, 0.3) is 0 Å². The second-order valence-electron chi connectivity index (χ2n) is 7.67. The molecule has 7 N–H and O–H groups in total. The summed E-state index contributed by atoms with van der Waals surface area (Å²) in [4.78, 5) is 36.7. The van der Waals surface area contributed by atoms with Gasteiger partial charge in [-0.3, -0.25) is 9.59 Å². The van der Waals surface area contributed by atoms with E-state index >= 15 is 0 Å². The highest BCUT2D eigenvalue weighted by Crippen LogP contribution is 2.09. The van der Waals surface area contributed by atoms with Crippen molar-refractivity contribution in [2.75, 3.05) is 6.54 Å². The van der Waals surface area contributed by atoms with Gasteiger partial charge in [-0.2, -0.15) is 0 Å². The predicted octanol–water partition coefficient (Wildman–Crippen LogP) is 0.786. The molecule has 0 aliphatic carbocycles. The summed E-state index contributed by atoms with van der Waals surface area (Å²) < 4.78 is 0. The SMILES string of the molecule is CC(C)C[C@@H](NC(=O)[C@H](N)Cc1ccccc1)C(=O)N[C@@H](CCCCN)C(=O)O. The van der Waals surface area contributed by atoms with E-state index in [0.717, 1.165) is 5.56 Å². The summed E-state index contributed by atoms with van der Waals surface area (Å²) in [6.45, 7) is 4.31. The van der Waals surface area contributed by atoms with Crippen molar-refractivity contribution < 1.29 is 19.5 Å². The van der Waals surface area contributed by atoms with Gasteiger partial charge in [-0.25, -0.2) is 4.79 Å². The first-order valence-electron chi connectivity index (χ1n) is 10.1. The van der Waals surface area contributed by atoms with E-state index in [4.69, 9.17) is 11.5 Å². The molecular formula is C21H34N4O4. The van der Waals surface area contributed by atoms with Crippen LogP contribution in [0.1, 0.15) is 45.1 Å². The van der Waals surface area contributed by atoms with Gasteiger partial charge in [0.1, 0.15) is 12.1 Å². The zero-order valence-electron chi connectivity index (χ0n) is 17.3. The molecule has 162 valence electrons. The van der Waals surface area contributed by atoms with Crippen molar-refractivity contribution in [3.8, 4) is 0 Å². The molecule has 0 unspecified atom stereocenters. The van der Waals surface area contributed by atoms with Crippen molar-refractivity contribution in [3.63, 3.8) is 0 Å². The van der Waals surface area contributed by atoms with Crippen molar-refractivity contribution in [2.24, 2.45) is 17.4 Å². The minimum atomic E-state index is -1.11. The Balaban J connectivity index is 2.74. The third-order valence-corrected chi connectivity index (χ3v) is 4.54. The monoisotopic (exact) mass is 406 g/mol. The van der Waals surface area contributed by atoms with Gasteiger partial charge in [0.2, 0.25) is 11.8 Å². The van der Waals surface area contributed by atoms with Crippen molar-refractivity contribution in [3.05, 3.63) is 35.9 Å². The number of rotatable bonds is 13. The van der Waals surface area contributed by atoms with E-state index in [1.165, 1.54) is 0 Å². The summed E-state index contributed by atoms with van der Waals surface area (Å²) >= 11 is 0. The molecule has 1 rings (SSSR count). The number of carboxylic acids is 1. The van der Waals surface area contributed by atoms with Gasteiger partial charge in [0.05, 0.1) is 6.04 Å². The molecule has 1 aromatic carbocycles. The zero-order chi connectivity index (χ0) is 21.8. The number of hydrogen-bond donors (Lipinski definition) is 5. The van der Waals surface area contributed by atoms with Crippen LogP contribution < -0.4 is 22.1 Å². The summed E-state index contributed by atoms with van der Waals surface area (Å²) in [6, 6.07) is 6.70. The van der Waals surface area contributed by atoms with Crippen LogP contribution in [0.3, 0.4) is 0 Å². The Morgan fingerprint density at radius 2 is 1.62 bits per heavy atom. The molecule has 0 bridgehead atoms. The molecule has 1 aromatic rings. The van der Waals surface area contributed by atoms with Gasteiger partial charge < -0.3 is 27.2 Å². The molecule has 0 aliphatic heterocycles. The molecule has 0 radical (unpaired) electrons. The summed E-state index contributed by atoms with van der Waals surface area (Å²) in [5, 5.41) is 14.6. The first kappa shape index (κ1) is 24.6. The number of carbonyl (C=O) groups excluding carboxylic acids is 2. The maximum Gasteiger partial charge on any atom is 0.326 e. The van der Waals surface area contributed by atoms with Crippen molar-refractivity contribution in [1.82, 2.24) is 10.6 Å². The molecular weight excluding hydrogens is 372 g/mol. The van der Waals surface area contributed by atoms with Gasteiger partial charge in [-0.15, -0.1) is 0 Å². The molecule has 2 amide bonds. The van der Waals surface area contributed by atoms with Gasteiger partial charge >= 0.3 is 5.97 Å². The molecule has 0 saturated heterocycles.